The monoisotopic (exact) mass is 614 g/mol. The van der Waals surface area contributed by atoms with E-state index in [0.29, 0.717) is 53.5 Å². The number of rotatable bonds is 15. The van der Waals surface area contributed by atoms with Gasteiger partial charge in [0.2, 0.25) is 11.8 Å². The van der Waals surface area contributed by atoms with E-state index in [2.05, 4.69) is 5.32 Å². The highest BCUT2D eigenvalue weighted by molar-refractivity contribution is 5.89. The first-order valence-corrected chi connectivity index (χ1v) is 14.6. The van der Waals surface area contributed by atoms with E-state index in [0.717, 1.165) is 11.1 Å². The molecule has 0 saturated heterocycles. The van der Waals surface area contributed by atoms with Gasteiger partial charge in [0, 0.05) is 19.5 Å². The number of halogens is 1. The van der Waals surface area contributed by atoms with E-state index in [9.17, 15) is 14.0 Å². The zero-order chi connectivity index (χ0) is 32.2. The van der Waals surface area contributed by atoms with E-state index in [1.54, 1.807) is 56.6 Å². The maximum Gasteiger partial charge on any atom is 0.243 e. The summed E-state index contributed by atoms with van der Waals surface area (Å²) < 4.78 is 35.3. The van der Waals surface area contributed by atoms with Crippen LogP contribution in [0.25, 0.3) is 0 Å². The second-order valence-corrected chi connectivity index (χ2v) is 10.5. The van der Waals surface area contributed by atoms with Crippen LogP contribution in [-0.2, 0) is 35.4 Å². The number of hydrogen-bond acceptors (Lipinski definition) is 6. The van der Waals surface area contributed by atoms with E-state index < -0.39 is 6.04 Å². The van der Waals surface area contributed by atoms with Gasteiger partial charge in [-0.25, -0.2) is 4.39 Å². The van der Waals surface area contributed by atoms with Gasteiger partial charge in [0.05, 0.1) is 34.9 Å². The fourth-order valence-corrected chi connectivity index (χ4v) is 5.09. The van der Waals surface area contributed by atoms with Crippen molar-refractivity contribution < 1.29 is 32.9 Å². The van der Waals surface area contributed by atoms with Crippen LogP contribution in [0.5, 0.6) is 23.0 Å². The molecule has 1 atom stereocenters. The Labute approximate surface area is 263 Å². The van der Waals surface area contributed by atoms with Crippen molar-refractivity contribution >= 4 is 11.8 Å². The van der Waals surface area contributed by atoms with Crippen LogP contribution in [0.1, 0.15) is 22.3 Å². The molecule has 0 aliphatic heterocycles. The van der Waals surface area contributed by atoms with Crippen LogP contribution in [-0.4, -0.2) is 57.7 Å². The van der Waals surface area contributed by atoms with Crippen LogP contribution < -0.4 is 24.3 Å². The Bertz CT molecular complexity index is 1560. The number of carbonyl (C=O) groups excluding carboxylic acids is 2. The third kappa shape index (κ3) is 8.98. The number of nitrogens with zero attached hydrogens (tertiary/aromatic N) is 1. The predicted octanol–water partition coefficient (Wildman–Crippen LogP) is 5.40. The zero-order valence-electron chi connectivity index (χ0n) is 26.0. The van der Waals surface area contributed by atoms with Crippen molar-refractivity contribution in [1.82, 2.24) is 10.2 Å². The van der Waals surface area contributed by atoms with Crippen molar-refractivity contribution in [2.75, 3.05) is 35.0 Å². The highest BCUT2D eigenvalue weighted by Gasteiger charge is 2.30. The van der Waals surface area contributed by atoms with Gasteiger partial charge in [-0.05, 0) is 65.1 Å². The molecule has 0 spiro atoms. The number of hydrogen-bond donors (Lipinski definition) is 1. The van der Waals surface area contributed by atoms with Gasteiger partial charge in [-0.3, -0.25) is 9.59 Å². The Morgan fingerprint density at radius 3 is 1.84 bits per heavy atom. The molecule has 9 heteroatoms. The molecule has 4 rings (SSSR count). The molecule has 0 heterocycles. The molecule has 1 unspecified atom stereocenters. The van der Waals surface area contributed by atoms with E-state index in [1.807, 2.05) is 48.5 Å². The van der Waals surface area contributed by atoms with E-state index >= 15 is 0 Å². The minimum Gasteiger partial charge on any atom is -0.493 e. The summed E-state index contributed by atoms with van der Waals surface area (Å²) in [5, 5.41) is 3.04. The molecule has 0 aromatic heterocycles. The lowest BCUT2D eigenvalue weighted by molar-refractivity contribution is -0.140. The molecule has 0 saturated carbocycles. The highest BCUT2D eigenvalue weighted by Crippen LogP contribution is 2.29. The van der Waals surface area contributed by atoms with Crippen molar-refractivity contribution in [1.29, 1.82) is 0 Å². The van der Waals surface area contributed by atoms with Gasteiger partial charge in [-0.15, -0.1) is 0 Å². The normalized spacial score (nSPS) is 11.3. The van der Waals surface area contributed by atoms with Crippen molar-refractivity contribution in [2.24, 2.45) is 0 Å². The van der Waals surface area contributed by atoms with Crippen molar-refractivity contribution in [2.45, 2.75) is 31.8 Å². The Hall–Kier alpha value is -5.05. The summed E-state index contributed by atoms with van der Waals surface area (Å²) in [4.78, 5) is 29.6. The van der Waals surface area contributed by atoms with Crippen molar-refractivity contribution in [3.8, 4) is 23.0 Å². The summed E-state index contributed by atoms with van der Waals surface area (Å²) >= 11 is 0. The maximum atomic E-state index is 14.1. The number of amides is 2. The summed E-state index contributed by atoms with van der Waals surface area (Å²) in [5.74, 6) is 1.35. The third-order valence-electron chi connectivity index (χ3n) is 7.50. The Kier molecular flexibility index (Phi) is 11.8. The van der Waals surface area contributed by atoms with Gasteiger partial charge < -0.3 is 29.2 Å². The summed E-state index contributed by atoms with van der Waals surface area (Å²) in [6, 6.07) is 25.6. The molecule has 4 aromatic rings. The van der Waals surface area contributed by atoms with Crippen molar-refractivity contribution in [3.63, 3.8) is 0 Å². The maximum absolute atomic E-state index is 14.1. The zero-order valence-corrected chi connectivity index (χ0v) is 26.0. The summed E-state index contributed by atoms with van der Waals surface area (Å²) in [5.41, 5.74) is 3.27. The Morgan fingerprint density at radius 1 is 0.689 bits per heavy atom. The van der Waals surface area contributed by atoms with Crippen LogP contribution >= 0.6 is 0 Å². The Morgan fingerprint density at radius 2 is 1.24 bits per heavy atom. The van der Waals surface area contributed by atoms with Crippen LogP contribution in [0.2, 0.25) is 0 Å². The molecule has 236 valence electrons. The largest absolute Gasteiger partial charge is 0.493 e. The summed E-state index contributed by atoms with van der Waals surface area (Å²) in [6.07, 6.45) is 0.857. The summed E-state index contributed by atoms with van der Waals surface area (Å²) in [7, 11) is 6.23. The van der Waals surface area contributed by atoms with Gasteiger partial charge >= 0.3 is 0 Å². The lowest BCUT2D eigenvalue weighted by Crippen LogP contribution is -2.51. The lowest BCUT2D eigenvalue weighted by Gasteiger charge is -2.32. The van der Waals surface area contributed by atoms with Crippen LogP contribution in [0.4, 0.5) is 4.39 Å². The first-order chi connectivity index (χ1) is 21.8. The molecular formula is C36H39FN2O6. The van der Waals surface area contributed by atoms with E-state index in [-0.39, 0.29) is 30.6 Å². The average molecular weight is 615 g/mol. The molecule has 0 fully saturated rings. The highest BCUT2D eigenvalue weighted by atomic mass is 19.1. The smallest absolute Gasteiger partial charge is 0.243 e. The standard InChI is InChI=1S/C36H39FN2O6/c1-42-31-16-12-26(21-33(31)44-3)18-19-38-36(41)30(20-25-8-6-5-7-9-25)39(24-27-10-14-29(37)15-11-27)35(40)23-28-13-17-32(43-2)34(22-28)45-4/h5-17,21-22,30H,18-20,23-24H2,1-4H3,(H,38,41). The molecular weight excluding hydrogens is 575 g/mol. The SMILES string of the molecule is COc1ccc(CCNC(=O)C(Cc2ccccc2)N(Cc2ccc(F)cc2)C(=O)Cc2ccc(OC)c(OC)c2)cc1OC. The van der Waals surface area contributed by atoms with Gasteiger partial charge in [0.25, 0.3) is 0 Å². The number of nitrogens with one attached hydrogen (secondary N) is 1. The molecule has 45 heavy (non-hydrogen) atoms. The topological polar surface area (TPSA) is 86.3 Å². The van der Waals surface area contributed by atoms with Crippen LogP contribution in [0, 0.1) is 5.82 Å². The number of methoxy groups -OCH3 is 4. The first-order valence-electron chi connectivity index (χ1n) is 14.6. The van der Waals surface area contributed by atoms with Crippen molar-refractivity contribution in [3.05, 3.63) is 119 Å². The molecule has 0 radical (unpaired) electrons. The molecule has 0 bridgehead atoms. The van der Waals surface area contributed by atoms with Gasteiger partial charge in [0.1, 0.15) is 11.9 Å². The average Bonchev–Trinajstić information content (AvgIpc) is 3.07. The molecule has 0 aliphatic carbocycles. The first kappa shape index (κ1) is 32.9. The number of carbonyl (C=O) groups is 2. The quantitative estimate of drug-likeness (QED) is 0.193. The van der Waals surface area contributed by atoms with Gasteiger partial charge in [-0.1, -0.05) is 54.6 Å². The van der Waals surface area contributed by atoms with E-state index in [1.165, 1.54) is 19.2 Å². The molecule has 2 amide bonds. The summed E-state index contributed by atoms with van der Waals surface area (Å²) in [6.45, 7) is 0.459. The number of ether oxygens (including phenoxy) is 4. The van der Waals surface area contributed by atoms with Gasteiger partial charge in [0.15, 0.2) is 23.0 Å². The second-order valence-electron chi connectivity index (χ2n) is 10.5. The third-order valence-corrected chi connectivity index (χ3v) is 7.50. The molecule has 8 nitrogen and oxygen atoms in total. The fourth-order valence-electron chi connectivity index (χ4n) is 5.09. The Balaban J connectivity index is 1.61. The lowest BCUT2D eigenvalue weighted by atomic mass is 10.0. The minimum atomic E-state index is -0.837. The number of benzene rings is 4. The van der Waals surface area contributed by atoms with Crippen LogP contribution in [0.15, 0.2) is 91.0 Å². The fraction of sp³-hybridized carbons (Fsp3) is 0.278. The van der Waals surface area contributed by atoms with E-state index in [4.69, 9.17) is 18.9 Å². The molecule has 1 N–H and O–H groups in total. The predicted molar refractivity (Wildman–Crippen MR) is 170 cm³/mol. The second kappa shape index (κ2) is 16.1. The minimum absolute atomic E-state index is 0.0196. The molecule has 0 aliphatic rings. The molecule has 4 aromatic carbocycles. The van der Waals surface area contributed by atoms with Gasteiger partial charge in [-0.2, -0.15) is 0 Å². The van der Waals surface area contributed by atoms with Crippen LogP contribution in [0.3, 0.4) is 0 Å².